The summed E-state index contributed by atoms with van der Waals surface area (Å²) in [5, 5.41) is 11.5. The van der Waals surface area contributed by atoms with E-state index < -0.39 is 5.91 Å². The molecule has 124 valence electrons. The lowest BCUT2D eigenvalue weighted by atomic mass is 10.1. The standard InChI is InChI=1S/C14H15N7O2S/c1-8(2)10-5-9(19-13-17-7-18-21(10)13)12(23)16-6-11(22)20-14-15-3-4-24-14/h3-5,7-8H,6H2,1-2H3,(H,16,23)(H,15,20,22). The van der Waals surface area contributed by atoms with Gasteiger partial charge in [0.25, 0.3) is 11.7 Å². The van der Waals surface area contributed by atoms with Crippen LogP contribution in [0, 0.1) is 0 Å². The molecule has 9 nitrogen and oxygen atoms in total. The van der Waals surface area contributed by atoms with Crippen LogP contribution in [0.4, 0.5) is 5.13 Å². The van der Waals surface area contributed by atoms with E-state index in [0.29, 0.717) is 10.9 Å². The molecule has 0 unspecified atom stereocenters. The molecule has 3 heterocycles. The van der Waals surface area contributed by atoms with Crippen LogP contribution >= 0.6 is 11.3 Å². The second-order valence-corrected chi connectivity index (χ2v) is 6.16. The van der Waals surface area contributed by atoms with E-state index in [0.717, 1.165) is 5.69 Å². The van der Waals surface area contributed by atoms with Crippen molar-refractivity contribution in [3.63, 3.8) is 0 Å². The minimum absolute atomic E-state index is 0.136. The van der Waals surface area contributed by atoms with Crippen molar-refractivity contribution in [2.75, 3.05) is 11.9 Å². The van der Waals surface area contributed by atoms with Crippen LogP contribution < -0.4 is 10.6 Å². The topological polar surface area (TPSA) is 114 Å². The first-order valence-electron chi connectivity index (χ1n) is 7.23. The number of amides is 2. The van der Waals surface area contributed by atoms with Crippen LogP contribution in [0.2, 0.25) is 0 Å². The fraction of sp³-hybridized carbons (Fsp3) is 0.286. The zero-order valence-electron chi connectivity index (χ0n) is 13.1. The molecular formula is C14H15N7O2S. The van der Waals surface area contributed by atoms with E-state index in [2.05, 4.69) is 30.7 Å². The molecule has 0 aliphatic rings. The molecule has 0 bridgehead atoms. The minimum Gasteiger partial charge on any atom is -0.342 e. The third-order valence-electron chi connectivity index (χ3n) is 3.19. The molecule has 3 aromatic heterocycles. The molecule has 0 fully saturated rings. The van der Waals surface area contributed by atoms with Gasteiger partial charge in [-0.1, -0.05) is 13.8 Å². The lowest BCUT2D eigenvalue weighted by Gasteiger charge is -2.10. The zero-order valence-corrected chi connectivity index (χ0v) is 13.9. The molecule has 3 aromatic rings. The Kier molecular flexibility index (Phi) is 4.47. The molecule has 0 aliphatic carbocycles. The van der Waals surface area contributed by atoms with Crippen molar-refractivity contribution >= 4 is 34.1 Å². The second-order valence-electron chi connectivity index (χ2n) is 5.26. The van der Waals surface area contributed by atoms with Crippen molar-refractivity contribution in [3.05, 3.63) is 35.4 Å². The summed E-state index contributed by atoms with van der Waals surface area (Å²) in [7, 11) is 0. The number of nitrogens with one attached hydrogen (secondary N) is 2. The van der Waals surface area contributed by atoms with Crippen LogP contribution in [0.1, 0.15) is 35.9 Å². The van der Waals surface area contributed by atoms with E-state index in [1.54, 1.807) is 22.2 Å². The van der Waals surface area contributed by atoms with Gasteiger partial charge in [-0.05, 0) is 12.0 Å². The maximum absolute atomic E-state index is 12.3. The smallest absolute Gasteiger partial charge is 0.270 e. The molecule has 0 atom stereocenters. The van der Waals surface area contributed by atoms with Crippen molar-refractivity contribution in [2.45, 2.75) is 19.8 Å². The number of anilines is 1. The Bertz CT molecular complexity index is 873. The highest BCUT2D eigenvalue weighted by Gasteiger charge is 2.16. The predicted octanol–water partition coefficient (Wildman–Crippen LogP) is 1.07. The quantitative estimate of drug-likeness (QED) is 0.715. The Balaban J connectivity index is 1.70. The monoisotopic (exact) mass is 345 g/mol. The summed E-state index contributed by atoms with van der Waals surface area (Å²) in [5.41, 5.74) is 1.01. The third-order valence-corrected chi connectivity index (χ3v) is 3.88. The normalized spacial score (nSPS) is 11.0. The fourth-order valence-electron chi connectivity index (χ4n) is 2.06. The average molecular weight is 345 g/mol. The first-order valence-corrected chi connectivity index (χ1v) is 8.11. The molecule has 0 aromatic carbocycles. The summed E-state index contributed by atoms with van der Waals surface area (Å²) in [6.07, 6.45) is 2.97. The van der Waals surface area contributed by atoms with E-state index in [1.165, 1.54) is 17.7 Å². The van der Waals surface area contributed by atoms with Gasteiger partial charge in [-0.25, -0.2) is 14.5 Å². The van der Waals surface area contributed by atoms with Gasteiger partial charge in [-0.3, -0.25) is 9.59 Å². The van der Waals surface area contributed by atoms with Crippen molar-refractivity contribution in [3.8, 4) is 0 Å². The van der Waals surface area contributed by atoms with E-state index in [-0.39, 0.29) is 24.1 Å². The molecular weight excluding hydrogens is 330 g/mol. The summed E-state index contributed by atoms with van der Waals surface area (Å²) < 4.78 is 1.59. The first-order chi connectivity index (χ1) is 11.5. The number of hydrogen-bond acceptors (Lipinski definition) is 7. The molecule has 0 spiro atoms. The van der Waals surface area contributed by atoms with Crippen molar-refractivity contribution in [2.24, 2.45) is 0 Å². The summed E-state index contributed by atoms with van der Waals surface area (Å²) in [6.45, 7) is 3.80. The zero-order chi connectivity index (χ0) is 17.1. The van der Waals surface area contributed by atoms with Gasteiger partial charge in [0.2, 0.25) is 5.91 Å². The second kappa shape index (κ2) is 6.71. The Hall–Kier alpha value is -2.88. The molecule has 0 saturated carbocycles. The molecule has 24 heavy (non-hydrogen) atoms. The van der Waals surface area contributed by atoms with Gasteiger partial charge in [0.05, 0.1) is 12.2 Å². The van der Waals surface area contributed by atoms with Crippen LogP contribution in [0.15, 0.2) is 24.0 Å². The third kappa shape index (κ3) is 3.38. The highest BCUT2D eigenvalue weighted by Crippen LogP contribution is 2.15. The molecule has 10 heteroatoms. The van der Waals surface area contributed by atoms with Crippen molar-refractivity contribution in [1.29, 1.82) is 0 Å². The summed E-state index contributed by atoms with van der Waals surface area (Å²) in [5.74, 6) is -0.321. The molecule has 2 amide bonds. The van der Waals surface area contributed by atoms with Gasteiger partial charge in [-0.15, -0.1) is 11.3 Å². The minimum atomic E-state index is -0.448. The predicted molar refractivity (Wildman–Crippen MR) is 87.9 cm³/mol. The number of nitrogens with zero attached hydrogens (tertiary/aromatic N) is 5. The van der Waals surface area contributed by atoms with Gasteiger partial charge >= 0.3 is 0 Å². The molecule has 2 N–H and O–H groups in total. The highest BCUT2D eigenvalue weighted by atomic mass is 32.1. The summed E-state index contributed by atoms with van der Waals surface area (Å²) in [4.78, 5) is 36.2. The lowest BCUT2D eigenvalue weighted by Crippen LogP contribution is -2.33. The van der Waals surface area contributed by atoms with E-state index in [1.807, 2.05) is 13.8 Å². The highest BCUT2D eigenvalue weighted by molar-refractivity contribution is 7.13. The molecule has 0 saturated heterocycles. The van der Waals surface area contributed by atoms with Gasteiger partial charge in [-0.2, -0.15) is 10.1 Å². The Labute approximate surface area is 141 Å². The van der Waals surface area contributed by atoms with Crippen molar-refractivity contribution in [1.82, 2.24) is 29.9 Å². The number of aromatic nitrogens is 5. The molecule has 0 radical (unpaired) electrons. The van der Waals surface area contributed by atoms with Crippen LogP contribution in [-0.4, -0.2) is 42.9 Å². The van der Waals surface area contributed by atoms with Gasteiger partial charge in [0.15, 0.2) is 5.13 Å². The average Bonchev–Trinajstić information content (AvgIpc) is 3.22. The molecule has 0 aliphatic heterocycles. The van der Waals surface area contributed by atoms with Gasteiger partial charge < -0.3 is 10.6 Å². The van der Waals surface area contributed by atoms with Crippen LogP contribution in [0.25, 0.3) is 5.78 Å². The number of hydrogen-bond donors (Lipinski definition) is 2. The maximum atomic E-state index is 12.3. The Morgan fingerprint density at radius 1 is 1.33 bits per heavy atom. The van der Waals surface area contributed by atoms with Gasteiger partial charge in [0, 0.05) is 11.6 Å². The number of carbonyl (C=O) groups is 2. The van der Waals surface area contributed by atoms with Crippen LogP contribution in [-0.2, 0) is 4.79 Å². The number of fused-ring (bicyclic) bond motifs is 1. The Morgan fingerprint density at radius 2 is 2.17 bits per heavy atom. The maximum Gasteiger partial charge on any atom is 0.270 e. The van der Waals surface area contributed by atoms with E-state index in [4.69, 9.17) is 0 Å². The summed E-state index contributed by atoms with van der Waals surface area (Å²) >= 11 is 1.30. The summed E-state index contributed by atoms with van der Waals surface area (Å²) in [6, 6.07) is 1.65. The molecule has 3 rings (SSSR count). The largest absolute Gasteiger partial charge is 0.342 e. The van der Waals surface area contributed by atoms with Crippen molar-refractivity contribution < 1.29 is 9.59 Å². The van der Waals surface area contributed by atoms with E-state index >= 15 is 0 Å². The lowest BCUT2D eigenvalue weighted by molar-refractivity contribution is -0.115. The number of rotatable bonds is 5. The SMILES string of the molecule is CC(C)c1cc(C(=O)NCC(=O)Nc2nccs2)nc2ncnn12. The first kappa shape index (κ1) is 16.0. The van der Waals surface area contributed by atoms with E-state index in [9.17, 15) is 9.59 Å². The fourth-order valence-corrected chi connectivity index (χ4v) is 2.61. The number of carbonyl (C=O) groups excluding carboxylic acids is 2. The van der Waals surface area contributed by atoms with Crippen LogP contribution in [0.3, 0.4) is 0 Å². The Morgan fingerprint density at radius 3 is 2.88 bits per heavy atom. The van der Waals surface area contributed by atoms with Gasteiger partial charge in [0.1, 0.15) is 12.0 Å². The van der Waals surface area contributed by atoms with Crippen LogP contribution in [0.5, 0.6) is 0 Å². The number of thiazole rings is 1.